The fourth-order valence-electron chi connectivity index (χ4n) is 3.79. The normalized spacial score (nSPS) is 17.1. The van der Waals surface area contributed by atoms with Gasteiger partial charge < -0.3 is 15.0 Å². The predicted octanol–water partition coefficient (Wildman–Crippen LogP) is 4.84. The van der Waals surface area contributed by atoms with E-state index in [0.717, 1.165) is 48.6 Å². The van der Waals surface area contributed by atoms with Crippen molar-refractivity contribution < 1.29 is 9.13 Å². The number of anilines is 2. The molecule has 0 radical (unpaired) electrons. The summed E-state index contributed by atoms with van der Waals surface area (Å²) < 4.78 is 19.0. The summed E-state index contributed by atoms with van der Waals surface area (Å²) in [4.78, 5) is 11.6. The molecule has 150 valence electrons. The summed E-state index contributed by atoms with van der Waals surface area (Å²) in [6, 6.07) is 12.4. The maximum Gasteiger partial charge on any atom is 0.137 e. The van der Waals surface area contributed by atoms with Gasteiger partial charge in [-0.1, -0.05) is 6.07 Å². The van der Waals surface area contributed by atoms with Crippen molar-refractivity contribution in [3.8, 4) is 17.0 Å². The summed E-state index contributed by atoms with van der Waals surface area (Å²) in [7, 11) is 3.77. The third-order valence-corrected chi connectivity index (χ3v) is 5.25. The zero-order valence-corrected chi connectivity index (χ0v) is 16.7. The van der Waals surface area contributed by atoms with E-state index >= 15 is 0 Å². The summed E-state index contributed by atoms with van der Waals surface area (Å²) in [5, 5.41) is 3.33. The highest BCUT2D eigenvalue weighted by Gasteiger charge is 2.21. The molecule has 1 saturated heterocycles. The van der Waals surface area contributed by atoms with Gasteiger partial charge in [0.2, 0.25) is 0 Å². The van der Waals surface area contributed by atoms with Crippen LogP contribution >= 0.6 is 0 Å². The number of hydrogen-bond acceptors (Lipinski definition) is 5. The van der Waals surface area contributed by atoms with Crippen LogP contribution in [0.1, 0.15) is 24.5 Å². The minimum Gasteiger partial charge on any atom is -0.495 e. The van der Waals surface area contributed by atoms with E-state index in [4.69, 9.17) is 9.72 Å². The van der Waals surface area contributed by atoms with Crippen LogP contribution in [0.5, 0.6) is 5.75 Å². The second-order valence-electron chi connectivity index (χ2n) is 7.52. The zero-order valence-electron chi connectivity index (χ0n) is 16.7. The number of halogens is 1. The van der Waals surface area contributed by atoms with Crippen molar-refractivity contribution >= 4 is 11.4 Å². The van der Waals surface area contributed by atoms with Crippen molar-refractivity contribution in [1.29, 1.82) is 0 Å². The molecule has 2 aromatic heterocycles. The number of hydrogen-bond donors (Lipinski definition) is 1. The highest BCUT2D eigenvalue weighted by atomic mass is 19.1. The Balaban J connectivity index is 1.74. The Kier molecular flexibility index (Phi) is 5.71. The lowest BCUT2D eigenvalue weighted by atomic mass is 9.94. The fraction of sp³-hybridized carbons (Fsp3) is 0.304. The Morgan fingerprint density at radius 1 is 1.14 bits per heavy atom. The molecule has 0 bridgehead atoms. The first kappa shape index (κ1) is 19.3. The van der Waals surface area contributed by atoms with E-state index in [9.17, 15) is 4.39 Å². The number of methoxy groups -OCH3 is 1. The molecule has 1 unspecified atom stereocenters. The number of aromatic nitrogens is 2. The Labute approximate surface area is 170 Å². The molecule has 1 aromatic carbocycles. The molecule has 0 aliphatic carbocycles. The molecule has 3 heterocycles. The topological polar surface area (TPSA) is 50.3 Å². The zero-order chi connectivity index (χ0) is 20.2. The average molecular weight is 392 g/mol. The minimum absolute atomic E-state index is 0.268. The average Bonchev–Trinajstić information content (AvgIpc) is 2.73. The smallest absolute Gasteiger partial charge is 0.137 e. The monoisotopic (exact) mass is 392 g/mol. The van der Waals surface area contributed by atoms with Crippen LogP contribution in [0.3, 0.4) is 0 Å². The van der Waals surface area contributed by atoms with Crippen molar-refractivity contribution in [2.75, 3.05) is 32.6 Å². The molecule has 0 amide bonds. The number of nitrogens with one attached hydrogen (secondary N) is 1. The van der Waals surface area contributed by atoms with E-state index in [1.54, 1.807) is 25.6 Å². The van der Waals surface area contributed by atoms with Crippen LogP contribution in [0.15, 0.2) is 54.9 Å². The summed E-state index contributed by atoms with van der Waals surface area (Å²) >= 11 is 0. The molecule has 1 atom stereocenters. The molecule has 0 spiro atoms. The number of ether oxygens (including phenoxy) is 1. The van der Waals surface area contributed by atoms with E-state index in [-0.39, 0.29) is 5.82 Å². The van der Waals surface area contributed by atoms with E-state index in [1.165, 1.54) is 12.1 Å². The van der Waals surface area contributed by atoms with Crippen molar-refractivity contribution in [1.82, 2.24) is 14.9 Å². The molecule has 1 aliphatic heterocycles. The number of rotatable bonds is 5. The Bertz CT molecular complexity index is 994. The number of likely N-dealkylation sites (tertiary alicyclic amines) is 1. The Hall–Kier alpha value is -2.99. The standard InChI is InChI=1S/C23H25FN4O/c1-28-8-4-5-16(15-28)22-11-20(26-19-7-3-6-18(24)10-19)12-23(27-22)17-9-21(29-2)14-25-13-17/h3,6-7,9-14,16H,4-5,8,15H2,1-2H3,(H,26,27). The van der Waals surface area contributed by atoms with Crippen LogP contribution in [0.25, 0.3) is 11.3 Å². The van der Waals surface area contributed by atoms with E-state index in [1.807, 2.05) is 18.2 Å². The number of likely N-dealkylation sites (N-methyl/N-ethyl adjacent to an activating group) is 1. The van der Waals surface area contributed by atoms with Gasteiger partial charge in [0.05, 0.1) is 19.0 Å². The Morgan fingerprint density at radius 3 is 2.83 bits per heavy atom. The maximum atomic E-state index is 13.6. The second-order valence-corrected chi connectivity index (χ2v) is 7.52. The molecule has 6 heteroatoms. The molecule has 1 N–H and O–H groups in total. The van der Waals surface area contributed by atoms with Gasteiger partial charge in [-0.25, -0.2) is 4.39 Å². The van der Waals surface area contributed by atoms with E-state index in [0.29, 0.717) is 17.4 Å². The van der Waals surface area contributed by atoms with E-state index < -0.39 is 0 Å². The molecule has 0 saturated carbocycles. The molecular weight excluding hydrogens is 367 g/mol. The lowest BCUT2D eigenvalue weighted by molar-refractivity contribution is 0.248. The van der Waals surface area contributed by atoms with Gasteiger partial charge >= 0.3 is 0 Å². The predicted molar refractivity (Wildman–Crippen MR) is 113 cm³/mol. The van der Waals surface area contributed by atoms with Crippen molar-refractivity contribution in [3.63, 3.8) is 0 Å². The molecule has 1 aliphatic rings. The van der Waals surface area contributed by atoms with Crippen molar-refractivity contribution in [3.05, 3.63) is 66.4 Å². The number of piperidine rings is 1. The van der Waals surface area contributed by atoms with E-state index in [2.05, 4.69) is 28.3 Å². The highest BCUT2D eigenvalue weighted by molar-refractivity contribution is 5.69. The number of nitrogens with zero attached hydrogens (tertiary/aromatic N) is 3. The maximum absolute atomic E-state index is 13.6. The van der Waals surface area contributed by atoms with Gasteiger partial charge in [-0.05, 0) is 62.8 Å². The number of benzene rings is 1. The van der Waals surface area contributed by atoms with Crippen molar-refractivity contribution in [2.45, 2.75) is 18.8 Å². The minimum atomic E-state index is -0.268. The van der Waals surface area contributed by atoms with Gasteiger partial charge in [0, 0.05) is 41.3 Å². The SMILES string of the molecule is COc1cncc(-c2cc(Nc3cccc(F)c3)cc(C3CCCN(C)C3)n2)c1. The van der Waals surface area contributed by atoms with Crippen LogP contribution in [0.2, 0.25) is 0 Å². The molecule has 1 fully saturated rings. The fourth-order valence-corrected chi connectivity index (χ4v) is 3.79. The third kappa shape index (κ3) is 4.71. The quantitative estimate of drug-likeness (QED) is 0.673. The molecule has 3 aromatic rings. The summed E-state index contributed by atoms with van der Waals surface area (Å²) in [5.41, 5.74) is 4.33. The van der Waals surface area contributed by atoms with Crippen molar-refractivity contribution in [2.24, 2.45) is 0 Å². The second kappa shape index (κ2) is 8.57. The summed E-state index contributed by atoms with van der Waals surface area (Å²) in [6.07, 6.45) is 5.72. The Morgan fingerprint density at radius 2 is 2.03 bits per heavy atom. The van der Waals surface area contributed by atoms with Gasteiger partial charge in [-0.15, -0.1) is 0 Å². The van der Waals surface area contributed by atoms with Crippen LogP contribution in [-0.4, -0.2) is 42.1 Å². The molecular formula is C23H25FN4O. The van der Waals surface area contributed by atoms with Gasteiger partial charge in [0.1, 0.15) is 11.6 Å². The van der Waals surface area contributed by atoms with Gasteiger partial charge in [-0.3, -0.25) is 9.97 Å². The van der Waals surface area contributed by atoms with Crippen LogP contribution in [-0.2, 0) is 0 Å². The van der Waals surface area contributed by atoms with Gasteiger partial charge in [-0.2, -0.15) is 0 Å². The van der Waals surface area contributed by atoms with Gasteiger partial charge in [0.25, 0.3) is 0 Å². The first-order valence-corrected chi connectivity index (χ1v) is 9.83. The molecule has 5 nitrogen and oxygen atoms in total. The highest BCUT2D eigenvalue weighted by Crippen LogP contribution is 2.31. The first-order valence-electron chi connectivity index (χ1n) is 9.83. The lowest BCUT2D eigenvalue weighted by Crippen LogP contribution is -2.31. The lowest BCUT2D eigenvalue weighted by Gasteiger charge is -2.29. The third-order valence-electron chi connectivity index (χ3n) is 5.25. The largest absolute Gasteiger partial charge is 0.495 e. The van der Waals surface area contributed by atoms with Gasteiger partial charge in [0.15, 0.2) is 0 Å². The first-order chi connectivity index (χ1) is 14.1. The van der Waals surface area contributed by atoms with Crippen LogP contribution in [0, 0.1) is 5.82 Å². The summed E-state index contributed by atoms with van der Waals surface area (Å²) in [5.74, 6) is 0.780. The van der Waals surface area contributed by atoms with Crippen LogP contribution < -0.4 is 10.1 Å². The molecule has 29 heavy (non-hydrogen) atoms. The number of pyridine rings is 2. The summed E-state index contributed by atoms with van der Waals surface area (Å²) in [6.45, 7) is 2.09. The van der Waals surface area contributed by atoms with Crippen LogP contribution in [0.4, 0.5) is 15.8 Å². The molecule has 4 rings (SSSR count).